The quantitative estimate of drug-likeness (QED) is 0.363. The lowest BCUT2D eigenvalue weighted by atomic mass is 10.2. The molecule has 30 heavy (non-hydrogen) atoms. The molecule has 0 amide bonds. The maximum Gasteiger partial charge on any atom is 0.236 e. The molecule has 154 valence electrons. The summed E-state index contributed by atoms with van der Waals surface area (Å²) in [4.78, 5) is 5.58. The molecule has 5 rings (SSSR count). The standard InChI is InChI=1S/C21H19FN4O2S2/c22-15-7-5-14(6-8-15)19-24-25-21(26(19)11-17-3-1-9-27-17)30-13-16-12-28-20(23-16)18-4-2-10-29-18/h2,4-8,10,12,17H,1,3,9,11,13H2. The number of thioether (sulfide) groups is 1. The molecule has 0 radical (unpaired) electrons. The van der Waals surface area contributed by atoms with Gasteiger partial charge in [0.2, 0.25) is 5.89 Å². The molecule has 4 heterocycles. The van der Waals surface area contributed by atoms with E-state index in [1.54, 1.807) is 41.5 Å². The predicted octanol–water partition coefficient (Wildman–Crippen LogP) is 5.27. The van der Waals surface area contributed by atoms with Crippen molar-refractivity contribution in [2.75, 3.05) is 6.61 Å². The van der Waals surface area contributed by atoms with Crippen LogP contribution in [0.4, 0.5) is 4.39 Å². The van der Waals surface area contributed by atoms with Crippen molar-refractivity contribution in [2.24, 2.45) is 0 Å². The molecule has 0 saturated carbocycles. The Morgan fingerprint density at radius 2 is 2.10 bits per heavy atom. The van der Waals surface area contributed by atoms with Crippen molar-refractivity contribution in [1.82, 2.24) is 19.7 Å². The maximum atomic E-state index is 13.4. The number of hydrogen-bond acceptors (Lipinski definition) is 7. The van der Waals surface area contributed by atoms with E-state index in [1.165, 1.54) is 12.1 Å². The summed E-state index contributed by atoms with van der Waals surface area (Å²) in [5.41, 5.74) is 1.67. The van der Waals surface area contributed by atoms with Crippen LogP contribution >= 0.6 is 23.1 Å². The highest BCUT2D eigenvalue weighted by molar-refractivity contribution is 7.98. The van der Waals surface area contributed by atoms with Crippen molar-refractivity contribution in [3.63, 3.8) is 0 Å². The first-order chi connectivity index (χ1) is 14.8. The summed E-state index contributed by atoms with van der Waals surface area (Å²) in [6.45, 7) is 1.45. The molecule has 4 aromatic rings. The van der Waals surface area contributed by atoms with E-state index in [2.05, 4.69) is 19.7 Å². The lowest BCUT2D eigenvalue weighted by Gasteiger charge is -2.14. The molecule has 0 bridgehead atoms. The van der Waals surface area contributed by atoms with E-state index in [0.29, 0.717) is 24.0 Å². The second kappa shape index (κ2) is 8.71. The van der Waals surface area contributed by atoms with Gasteiger partial charge in [0.1, 0.15) is 12.1 Å². The summed E-state index contributed by atoms with van der Waals surface area (Å²) in [6, 6.07) is 10.3. The Balaban J connectivity index is 1.37. The van der Waals surface area contributed by atoms with Gasteiger partial charge in [-0.05, 0) is 48.6 Å². The number of hydrogen-bond donors (Lipinski definition) is 0. The van der Waals surface area contributed by atoms with E-state index in [4.69, 9.17) is 9.15 Å². The van der Waals surface area contributed by atoms with E-state index in [0.717, 1.165) is 40.7 Å². The van der Waals surface area contributed by atoms with Crippen LogP contribution in [0, 0.1) is 5.82 Å². The average Bonchev–Trinajstić information content (AvgIpc) is 3.55. The van der Waals surface area contributed by atoms with Crippen molar-refractivity contribution < 1.29 is 13.5 Å². The molecule has 1 saturated heterocycles. The number of nitrogens with zero attached hydrogens (tertiary/aromatic N) is 4. The number of aromatic nitrogens is 4. The Labute approximate surface area is 181 Å². The van der Waals surface area contributed by atoms with Gasteiger partial charge in [-0.2, -0.15) is 0 Å². The third-order valence-corrected chi connectivity index (χ3v) is 6.72. The summed E-state index contributed by atoms with van der Waals surface area (Å²) < 4.78 is 26.9. The topological polar surface area (TPSA) is 66.0 Å². The normalized spacial score (nSPS) is 16.4. The van der Waals surface area contributed by atoms with Crippen LogP contribution in [0.2, 0.25) is 0 Å². The van der Waals surface area contributed by atoms with Gasteiger partial charge >= 0.3 is 0 Å². The maximum absolute atomic E-state index is 13.4. The van der Waals surface area contributed by atoms with E-state index < -0.39 is 0 Å². The molecule has 1 aromatic carbocycles. The molecule has 1 aliphatic heterocycles. The highest BCUT2D eigenvalue weighted by atomic mass is 32.2. The third kappa shape index (κ3) is 4.19. The molecular weight excluding hydrogens is 423 g/mol. The average molecular weight is 443 g/mol. The Bertz CT molecular complexity index is 1100. The third-order valence-electron chi connectivity index (χ3n) is 4.86. The zero-order chi connectivity index (χ0) is 20.3. The molecule has 9 heteroatoms. The number of benzene rings is 1. The monoisotopic (exact) mass is 442 g/mol. The molecule has 3 aromatic heterocycles. The fourth-order valence-corrected chi connectivity index (χ4v) is 4.87. The van der Waals surface area contributed by atoms with Crippen molar-refractivity contribution in [3.8, 4) is 22.2 Å². The number of rotatable bonds is 7. The Morgan fingerprint density at radius 1 is 1.20 bits per heavy atom. The van der Waals surface area contributed by atoms with Gasteiger partial charge in [-0.15, -0.1) is 21.5 Å². The summed E-state index contributed by atoms with van der Waals surface area (Å²) in [6.07, 6.45) is 3.89. The molecule has 1 aliphatic rings. The number of halogens is 1. The molecule has 1 fully saturated rings. The summed E-state index contributed by atoms with van der Waals surface area (Å²) in [7, 11) is 0. The first-order valence-corrected chi connectivity index (χ1v) is 11.5. The van der Waals surface area contributed by atoms with Crippen LogP contribution in [0.1, 0.15) is 18.5 Å². The van der Waals surface area contributed by atoms with Gasteiger partial charge in [0.25, 0.3) is 0 Å². The van der Waals surface area contributed by atoms with Crippen molar-refractivity contribution in [2.45, 2.75) is 36.4 Å². The molecule has 6 nitrogen and oxygen atoms in total. The summed E-state index contributed by atoms with van der Waals surface area (Å²) >= 11 is 3.15. The Morgan fingerprint density at radius 3 is 2.87 bits per heavy atom. The lowest BCUT2D eigenvalue weighted by molar-refractivity contribution is 0.0953. The van der Waals surface area contributed by atoms with Gasteiger partial charge in [0.05, 0.1) is 23.2 Å². The van der Waals surface area contributed by atoms with Gasteiger partial charge in [0.15, 0.2) is 11.0 Å². The van der Waals surface area contributed by atoms with Gasteiger partial charge in [-0.1, -0.05) is 17.8 Å². The second-order valence-electron chi connectivity index (χ2n) is 6.97. The zero-order valence-corrected chi connectivity index (χ0v) is 17.7. The number of ether oxygens (including phenoxy) is 1. The van der Waals surface area contributed by atoms with Crippen molar-refractivity contribution in [1.29, 1.82) is 0 Å². The van der Waals surface area contributed by atoms with E-state index in [-0.39, 0.29) is 11.9 Å². The highest BCUT2D eigenvalue weighted by Crippen LogP contribution is 2.30. The fourth-order valence-electron chi connectivity index (χ4n) is 3.39. The molecular formula is C21H19FN4O2S2. The molecule has 0 N–H and O–H groups in total. The predicted molar refractivity (Wildman–Crippen MR) is 114 cm³/mol. The fraction of sp³-hybridized carbons (Fsp3) is 0.286. The first kappa shape index (κ1) is 19.5. The summed E-state index contributed by atoms with van der Waals surface area (Å²) in [5.74, 6) is 1.69. The highest BCUT2D eigenvalue weighted by Gasteiger charge is 2.22. The van der Waals surface area contributed by atoms with Crippen LogP contribution in [0.3, 0.4) is 0 Å². The minimum atomic E-state index is -0.272. The minimum Gasteiger partial charge on any atom is -0.444 e. The lowest BCUT2D eigenvalue weighted by Crippen LogP contribution is -2.16. The van der Waals surface area contributed by atoms with Gasteiger partial charge in [-0.3, -0.25) is 4.57 Å². The van der Waals surface area contributed by atoms with Crippen LogP contribution in [-0.4, -0.2) is 32.5 Å². The zero-order valence-electron chi connectivity index (χ0n) is 16.0. The van der Waals surface area contributed by atoms with E-state index in [1.807, 2.05) is 17.5 Å². The number of thiophene rings is 1. The van der Waals surface area contributed by atoms with Crippen LogP contribution in [0.15, 0.2) is 57.6 Å². The van der Waals surface area contributed by atoms with Crippen LogP contribution in [0.5, 0.6) is 0 Å². The Hall–Kier alpha value is -2.49. The largest absolute Gasteiger partial charge is 0.444 e. The first-order valence-electron chi connectivity index (χ1n) is 9.68. The van der Waals surface area contributed by atoms with Gasteiger partial charge in [-0.25, -0.2) is 9.37 Å². The Kier molecular flexibility index (Phi) is 5.65. The summed E-state index contributed by atoms with van der Waals surface area (Å²) in [5, 5.41) is 11.6. The van der Waals surface area contributed by atoms with Crippen LogP contribution in [0.25, 0.3) is 22.2 Å². The van der Waals surface area contributed by atoms with Crippen LogP contribution < -0.4 is 0 Å². The minimum absolute atomic E-state index is 0.136. The van der Waals surface area contributed by atoms with Crippen molar-refractivity contribution in [3.05, 3.63) is 59.6 Å². The van der Waals surface area contributed by atoms with Gasteiger partial charge < -0.3 is 9.15 Å². The molecule has 1 unspecified atom stereocenters. The van der Waals surface area contributed by atoms with Crippen LogP contribution in [-0.2, 0) is 17.0 Å². The van der Waals surface area contributed by atoms with Gasteiger partial charge in [0, 0.05) is 17.9 Å². The smallest absolute Gasteiger partial charge is 0.236 e. The van der Waals surface area contributed by atoms with E-state index in [9.17, 15) is 4.39 Å². The van der Waals surface area contributed by atoms with Crippen molar-refractivity contribution >= 4 is 23.1 Å². The molecule has 0 aliphatic carbocycles. The molecule has 1 atom stereocenters. The SMILES string of the molecule is Fc1ccc(-c2nnc(SCc3coc(-c4cccs4)n3)n2CC2CCCO2)cc1. The molecule has 0 spiro atoms. The van der Waals surface area contributed by atoms with E-state index >= 15 is 0 Å². The second-order valence-corrected chi connectivity index (χ2v) is 8.86. The number of oxazole rings is 1.